The molecule has 0 amide bonds. The average Bonchev–Trinajstić information content (AvgIpc) is 3.14. The normalized spacial score (nSPS) is 14.3. The third-order valence-electron chi connectivity index (χ3n) is 3.79. The fourth-order valence-electron chi connectivity index (χ4n) is 2.75. The van der Waals surface area contributed by atoms with Gasteiger partial charge >= 0.3 is 0 Å². The topological polar surface area (TPSA) is 90.7 Å². The molecular weight excluding hydrogens is 266 g/mol. The van der Waals surface area contributed by atoms with E-state index in [1.807, 2.05) is 0 Å². The van der Waals surface area contributed by atoms with Gasteiger partial charge in [-0.3, -0.25) is 0 Å². The van der Waals surface area contributed by atoms with Crippen molar-refractivity contribution in [2.24, 2.45) is 0 Å². The largest absolute Gasteiger partial charge is 0.382 e. The quantitative estimate of drug-likeness (QED) is 0.771. The highest BCUT2D eigenvalue weighted by Gasteiger charge is 2.27. The first-order valence-electron chi connectivity index (χ1n) is 6.78. The maximum atomic E-state index is 5.78. The lowest BCUT2D eigenvalue weighted by Crippen LogP contribution is -2.01. The predicted octanol–water partition coefficient (Wildman–Crippen LogP) is 1.99. The van der Waals surface area contributed by atoms with Gasteiger partial charge in [0.15, 0.2) is 17.3 Å². The van der Waals surface area contributed by atoms with Gasteiger partial charge in [-0.2, -0.15) is 4.98 Å². The van der Waals surface area contributed by atoms with Gasteiger partial charge in [0, 0.05) is 18.3 Å². The minimum atomic E-state index is 0.248. The Labute approximate surface area is 121 Å². The van der Waals surface area contributed by atoms with Crippen LogP contribution in [-0.2, 0) is 12.8 Å². The summed E-state index contributed by atoms with van der Waals surface area (Å²) in [5.74, 6) is 1.57. The van der Waals surface area contributed by atoms with Crippen LogP contribution in [0.15, 0.2) is 41.2 Å². The third-order valence-corrected chi connectivity index (χ3v) is 3.79. The van der Waals surface area contributed by atoms with Gasteiger partial charge in [-0.15, -0.1) is 0 Å². The maximum absolute atomic E-state index is 5.78. The van der Waals surface area contributed by atoms with E-state index in [9.17, 15) is 0 Å². The molecule has 0 bridgehead atoms. The highest BCUT2D eigenvalue weighted by atomic mass is 16.5. The van der Waals surface area contributed by atoms with Crippen molar-refractivity contribution in [1.29, 1.82) is 0 Å². The molecule has 1 aromatic carbocycles. The van der Waals surface area contributed by atoms with Crippen LogP contribution < -0.4 is 5.73 Å². The molecule has 2 aromatic heterocycles. The summed E-state index contributed by atoms with van der Waals surface area (Å²) in [4.78, 5) is 12.6. The Hall–Kier alpha value is -2.76. The van der Waals surface area contributed by atoms with Gasteiger partial charge in [0.05, 0.1) is 0 Å². The monoisotopic (exact) mass is 279 g/mol. The van der Waals surface area contributed by atoms with Crippen molar-refractivity contribution in [2.75, 3.05) is 5.73 Å². The van der Waals surface area contributed by atoms with Crippen LogP contribution in [0.1, 0.15) is 22.9 Å². The van der Waals surface area contributed by atoms with Crippen molar-refractivity contribution in [3.8, 4) is 11.6 Å². The van der Waals surface area contributed by atoms with E-state index in [0.717, 1.165) is 12.8 Å². The number of nitrogens with two attached hydrogens (primary N) is 1. The SMILES string of the molecule is Nc1nccnc1-c1nc(C2Cc3ccccc3C2)no1. The Morgan fingerprint density at radius 1 is 1.05 bits per heavy atom. The number of rotatable bonds is 2. The third kappa shape index (κ3) is 2.05. The predicted molar refractivity (Wildman–Crippen MR) is 76.3 cm³/mol. The molecule has 6 heteroatoms. The first-order chi connectivity index (χ1) is 10.3. The molecule has 0 saturated carbocycles. The Balaban J connectivity index is 1.63. The van der Waals surface area contributed by atoms with Crippen LogP contribution in [0.5, 0.6) is 0 Å². The minimum Gasteiger partial charge on any atom is -0.382 e. The van der Waals surface area contributed by atoms with E-state index in [1.165, 1.54) is 17.3 Å². The van der Waals surface area contributed by atoms with E-state index in [1.54, 1.807) is 6.20 Å². The molecule has 0 unspecified atom stereocenters. The van der Waals surface area contributed by atoms with Gasteiger partial charge in [-0.05, 0) is 24.0 Å². The standard InChI is InChI=1S/C15H13N5O/c16-13-12(17-5-6-18-13)15-19-14(20-21-15)11-7-9-3-1-2-4-10(9)8-11/h1-6,11H,7-8H2,(H2,16,18). The summed E-state index contributed by atoms with van der Waals surface area (Å²) in [6.45, 7) is 0. The Kier molecular flexibility index (Phi) is 2.67. The maximum Gasteiger partial charge on any atom is 0.280 e. The first kappa shape index (κ1) is 12.0. The average molecular weight is 279 g/mol. The van der Waals surface area contributed by atoms with Crippen molar-refractivity contribution in [3.05, 3.63) is 53.6 Å². The Morgan fingerprint density at radius 3 is 2.48 bits per heavy atom. The Morgan fingerprint density at radius 2 is 1.76 bits per heavy atom. The van der Waals surface area contributed by atoms with Crippen LogP contribution in [0.3, 0.4) is 0 Å². The second-order valence-corrected chi connectivity index (χ2v) is 5.12. The van der Waals surface area contributed by atoms with E-state index in [-0.39, 0.29) is 5.92 Å². The van der Waals surface area contributed by atoms with Crippen LogP contribution in [0.2, 0.25) is 0 Å². The van der Waals surface area contributed by atoms with Crippen molar-refractivity contribution in [2.45, 2.75) is 18.8 Å². The molecule has 6 nitrogen and oxygen atoms in total. The van der Waals surface area contributed by atoms with Crippen molar-refractivity contribution < 1.29 is 4.52 Å². The summed E-state index contributed by atoms with van der Waals surface area (Å²) in [6.07, 6.45) is 4.96. The molecule has 2 N–H and O–H groups in total. The van der Waals surface area contributed by atoms with E-state index in [0.29, 0.717) is 23.2 Å². The van der Waals surface area contributed by atoms with E-state index in [2.05, 4.69) is 44.4 Å². The van der Waals surface area contributed by atoms with Crippen LogP contribution >= 0.6 is 0 Å². The lowest BCUT2D eigenvalue weighted by Gasteiger charge is -2.00. The summed E-state index contributed by atoms with van der Waals surface area (Å²) in [5, 5.41) is 4.09. The van der Waals surface area contributed by atoms with E-state index < -0.39 is 0 Å². The molecule has 2 heterocycles. The van der Waals surface area contributed by atoms with Gasteiger partial charge in [-0.25, -0.2) is 9.97 Å². The number of fused-ring (bicyclic) bond motifs is 1. The Bertz CT molecular complexity index is 773. The fraction of sp³-hybridized carbons (Fsp3) is 0.200. The lowest BCUT2D eigenvalue weighted by molar-refractivity contribution is 0.415. The minimum absolute atomic E-state index is 0.248. The van der Waals surface area contributed by atoms with Crippen LogP contribution in [-0.4, -0.2) is 20.1 Å². The molecule has 0 aliphatic heterocycles. The van der Waals surface area contributed by atoms with Crippen LogP contribution in [0, 0.1) is 0 Å². The summed E-state index contributed by atoms with van der Waals surface area (Å²) in [7, 11) is 0. The highest BCUT2D eigenvalue weighted by Crippen LogP contribution is 2.33. The van der Waals surface area contributed by atoms with Gasteiger partial charge in [0.25, 0.3) is 5.89 Å². The summed E-state index contributed by atoms with van der Waals surface area (Å²) in [6, 6.07) is 8.42. The fourth-order valence-corrected chi connectivity index (χ4v) is 2.75. The number of aromatic nitrogens is 4. The number of hydrogen-bond donors (Lipinski definition) is 1. The smallest absolute Gasteiger partial charge is 0.280 e. The van der Waals surface area contributed by atoms with Gasteiger partial charge < -0.3 is 10.3 Å². The number of nitrogens with zero attached hydrogens (tertiary/aromatic N) is 4. The zero-order valence-corrected chi connectivity index (χ0v) is 11.2. The van der Waals surface area contributed by atoms with E-state index in [4.69, 9.17) is 10.3 Å². The van der Waals surface area contributed by atoms with Gasteiger partial charge in [0.2, 0.25) is 0 Å². The zero-order valence-electron chi connectivity index (χ0n) is 11.2. The second kappa shape index (κ2) is 4.66. The molecule has 1 aliphatic rings. The van der Waals surface area contributed by atoms with Crippen LogP contribution in [0.4, 0.5) is 5.82 Å². The highest BCUT2D eigenvalue weighted by molar-refractivity contribution is 5.61. The summed E-state index contributed by atoms with van der Waals surface area (Å²) >= 11 is 0. The number of anilines is 1. The molecule has 1 aliphatic carbocycles. The molecule has 21 heavy (non-hydrogen) atoms. The van der Waals surface area contributed by atoms with Crippen LogP contribution in [0.25, 0.3) is 11.6 Å². The molecule has 0 fully saturated rings. The summed E-state index contributed by atoms with van der Waals surface area (Å²) < 4.78 is 5.30. The molecule has 0 atom stereocenters. The number of hydrogen-bond acceptors (Lipinski definition) is 6. The zero-order chi connectivity index (χ0) is 14.2. The second-order valence-electron chi connectivity index (χ2n) is 5.12. The first-order valence-corrected chi connectivity index (χ1v) is 6.78. The molecule has 3 aromatic rings. The van der Waals surface area contributed by atoms with Gasteiger partial charge in [-0.1, -0.05) is 29.4 Å². The van der Waals surface area contributed by atoms with Crippen molar-refractivity contribution in [1.82, 2.24) is 20.1 Å². The number of benzene rings is 1. The molecular formula is C15H13N5O. The van der Waals surface area contributed by atoms with Crippen molar-refractivity contribution >= 4 is 5.82 Å². The van der Waals surface area contributed by atoms with Gasteiger partial charge in [0.1, 0.15) is 0 Å². The number of nitrogen functional groups attached to an aromatic ring is 1. The lowest BCUT2D eigenvalue weighted by atomic mass is 10.1. The molecule has 4 rings (SSSR count). The molecule has 0 radical (unpaired) electrons. The molecule has 104 valence electrons. The summed E-state index contributed by atoms with van der Waals surface area (Å²) in [5.41, 5.74) is 8.93. The molecule has 0 saturated heterocycles. The van der Waals surface area contributed by atoms with Crippen molar-refractivity contribution in [3.63, 3.8) is 0 Å². The van der Waals surface area contributed by atoms with E-state index >= 15 is 0 Å². The molecule has 0 spiro atoms.